The number of carbonyl (C=O) groups is 1. The first kappa shape index (κ1) is 18.0. The smallest absolute Gasteiger partial charge is 0.257 e. The number of amides is 1. The fraction of sp³-hybridized carbons (Fsp3) is 0.143. The molecule has 4 rings (SSSR count). The second-order valence-electron chi connectivity index (χ2n) is 6.63. The molecule has 2 heterocycles. The standard InChI is InChI=1S/C21H16F3N3O/c1-12-10-13-4-2-3-5-17(13)27(12)18-9-6-14(11-25-18)21(28)26-16-8-7-15(22)19(23)20(16)24/h2-9,11-12H,10H2,1H3,(H,26,28). The van der Waals surface area contributed by atoms with Gasteiger partial charge in [-0.1, -0.05) is 18.2 Å². The minimum atomic E-state index is -1.63. The summed E-state index contributed by atoms with van der Waals surface area (Å²) in [4.78, 5) is 18.8. The summed E-state index contributed by atoms with van der Waals surface area (Å²) in [6.07, 6.45) is 2.27. The third-order valence-corrected chi connectivity index (χ3v) is 4.75. The molecule has 0 bridgehead atoms. The van der Waals surface area contributed by atoms with Gasteiger partial charge in [-0.3, -0.25) is 4.79 Å². The van der Waals surface area contributed by atoms with E-state index in [1.54, 1.807) is 12.1 Å². The van der Waals surface area contributed by atoms with E-state index in [9.17, 15) is 18.0 Å². The van der Waals surface area contributed by atoms with Gasteiger partial charge in [0.15, 0.2) is 17.5 Å². The van der Waals surface area contributed by atoms with Crippen LogP contribution < -0.4 is 10.2 Å². The van der Waals surface area contributed by atoms with Crippen LogP contribution in [0.25, 0.3) is 0 Å². The van der Waals surface area contributed by atoms with Gasteiger partial charge in [0, 0.05) is 17.9 Å². The number of halogens is 3. The van der Waals surface area contributed by atoms with Crippen molar-refractivity contribution in [3.63, 3.8) is 0 Å². The number of nitrogens with one attached hydrogen (secondary N) is 1. The van der Waals surface area contributed by atoms with Gasteiger partial charge in [0.2, 0.25) is 0 Å². The molecule has 1 aliphatic rings. The molecule has 142 valence electrons. The zero-order valence-corrected chi connectivity index (χ0v) is 14.9. The van der Waals surface area contributed by atoms with E-state index >= 15 is 0 Å². The summed E-state index contributed by atoms with van der Waals surface area (Å²) in [6.45, 7) is 2.09. The average molecular weight is 383 g/mol. The predicted octanol–water partition coefficient (Wildman–Crippen LogP) is 4.83. The van der Waals surface area contributed by atoms with E-state index in [0.717, 1.165) is 24.2 Å². The normalized spacial score (nSPS) is 15.4. The fourth-order valence-electron chi connectivity index (χ4n) is 3.39. The Morgan fingerprint density at radius 3 is 2.61 bits per heavy atom. The Balaban J connectivity index is 1.56. The number of nitrogens with zero attached hydrogens (tertiary/aromatic N) is 2. The summed E-state index contributed by atoms with van der Waals surface area (Å²) in [6, 6.07) is 13.3. The molecule has 0 aliphatic carbocycles. The molecule has 1 atom stereocenters. The number of anilines is 3. The lowest BCUT2D eigenvalue weighted by Gasteiger charge is -2.23. The lowest BCUT2D eigenvalue weighted by molar-refractivity contribution is 0.102. The van der Waals surface area contributed by atoms with Crippen molar-refractivity contribution in [1.82, 2.24) is 4.98 Å². The lowest BCUT2D eigenvalue weighted by Crippen LogP contribution is -2.25. The number of aromatic nitrogens is 1. The quantitative estimate of drug-likeness (QED) is 0.659. The lowest BCUT2D eigenvalue weighted by atomic mass is 10.1. The van der Waals surface area contributed by atoms with E-state index in [1.807, 2.05) is 18.2 Å². The molecule has 3 aromatic rings. The molecule has 0 radical (unpaired) electrons. The van der Waals surface area contributed by atoms with Crippen molar-refractivity contribution in [2.75, 3.05) is 10.2 Å². The topological polar surface area (TPSA) is 45.2 Å². The zero-order valence-electron chi connectivity index (χ0n) is 14.9. The first-order valence-electron chi connectivity index (χ1n) is 8.73. The number of pyridine rings is 1. The van der Waals surface area contributed by atoms with Crippen LogP contribution in [0.3, 0.4) is 0 Å². The van der Waals surface area contributed by atoms with Crippen LogP contribution in [0.2, 0.25) is 0 Å². The Labute approximate surface area is 159 Å². The summed E-state index contributed by atoms with van der Waals surface area (Å²) >= 11 is 0. The summed E-state index contributed by atoms with van der Waals surface area (Å²) in [7, 11) is 0. The van der Waals surface area contributed by atoms with Crippen molar-refractivity contribution in [2.24, 2.45) is 0 Å². The molecule has 1 unspecified atom stereocenters. The van der Waals surface area contributed by atoms with Crippen LogP contribution in [0, 0.1) is 17.5 Å². The van der Waals surface area contributed by atoms with Crippen molar-refractivity contribution in [2.45, 2.75) is 19.4 Å². The number of para-hydroxylation sites is 1. The highest BCUT2D eigenvalue weighted by molar-refractivity contribution is 6.04. The molecule has 0 saturated heterocycles. The van der Waals surface area contributed by atoms with E-state index in [2.05, 4.69) is 28.2 Å². The van der Waals surface area contributed by atoms with Gasteiger partial charge in [-0.2, -0.15) is 0 Å². The number of hydrogen-bond acceptors (Lipinski definition) is 3. The van der Waals surface area contributed by atoms with E-state index in [4.69, 9.17) is 0 Å². The second-order valence-corrected chi connectivity index (χ2v) is 6.63. The first-order chi connectivity index (χ1) is 13.5. The number of hydrogen-bond donors (Lipinski definition) is 1. The largest absolute Gasteiger partial charge is 0.323 e. The molecule has 1 aromatic heterocycles. The zero-order chi connectivity index (χ0) is 19.8. The number of rotatable bonds is 3. The van der Waals surface area contributed by atoms with Gasteiger partial charge in [0.1, 0.15) is 5.82 Å². The SMILES string of the molecule is CC1Cc2ccccc2N1c1ccc(C(=O)Nc2ccc(F)c(F)c2F)cn1. The van der Waals surface area contributed by atoms with E-state index < -0.39 is 29.0 Å². The Kier molecular flexibility index (Phi) is 4.50. The molecule has 0 spiro atoms. The minimum absolute atomic E-state index is 0.174. The summed E-state index contributed by atoms with van der Waals surface area (Å²) in [5, 5.41) is 2.23. The van der Waals surface area contributed by atoms with Gasteiger partial charge in [-0.15, -0.1) is 0 Å². The number of fused-ring (bicyclic) bond motifs is 1. The van der Waals surface area contributed by atoms with Gasteiger partial charge in [0.25, 0.3) is 5.91 Å². The van der Waals surface area contributed by atoms with E-state index in [1.165, 1.54) is 11.8 Å². The molecular weight excluding hydrogens is 367 g/mol. The number of carbonyl (C=O) groups excluding carboxylic acids is 1. The molecule has 1 amide bonds. The molecule has 28 heavy (non-hydrogen) atoms. The van der Waals surface area contributed by atoms with Crippen LogP contribution >= 0.6 is 0 Å². The molecule has 2 aromatic carbocycles. The third kappa shape index (κ3) is 3.09. The van der Waals surface area contributed by atoms with Gasteiger partial charge in [-0.25, -0.2) is 18.2 Å². The monoisotopic (exact) mass is 383 g/mol. The summed E-state index contributed by atoms with van der Waals surface area (Å²) < 4.78 is 40.1. The van der Waals surface area contributed by atoms with Crippen LogP contribution in [0.15, 0.2) is 54.7 Å². The average Bonchev–Trinajstić information content (AvgIpc) is 3.04. The molecule has 1 aliphatic heterocycles. The number of benzene rings is 2. The van der Waals surface area contributed by atoms with Crippen molar-refractivity contribution in [3.05, 3.63) is 83.3 Å². The molecule has 0 saturated carbocycles. The Hall–Kier alpha value is -3.35. The third-order valence-electron chi connectivity index (χ3n) is 4.75. The van der Waals surface area contributed by atoms with E-state index in [0.29, 0.717) is 5.82 Å². The van der Waals surface area contributed by atoms with Crippen LogP contribution in [-0.4, -0.2) is 16.9 Å². The Bertz CT molecular complexity index is 1050. The van der Waals surface area contributed by atoms with Crippen LogP contribution in [-0.2, 0) is 6.42 Å². The molecular formula is C21H16F3N3O. The van der Waals surface area contributed by atoms with Gasteiger partial charge in [-0.05, 0) is 49.2 Å². The maximum atomic E-state index is 13.7. The molecule has 1 N–H and O–H groups in total. The first-order valence-corrected chi connectivity index (χ1v) is 8.73. The van der Waals surface area contributed by atoms with Gasteiger partial charge in [0.05, 0.1) is 11.3 Å². The van der Waals surface area contributed by atoms with Crippen LogP contribution in [0.1, 0.15) is 22.8 Å². The molecule has 0 fully saturated rings. The maximum Gasteiger partial charge on any atom is 0.257 e. The maximum absolute atomic E-state index is 13.7. The highest BCUT2D eigenvalue weighted by Gasteiger charge is 2.27. The molecule has 7 heteroatoms. The highest BCUT2D eigenvalue weighted by atomic mass is 19.2. The predicted molar refractivity (Wildman–Crippen MR) is 100 cm³/mol. The van der Waals surface area contributed by atoms with Crippen molar-refractivity contribution in [1.29, 1.82) is 0 Å². The highest BCUT2D eigenvalue weighted by Crippen LogP contribution is 2.37. The summed E-state index contributed by atoms with van der Waals surface area (Å²) in [5.41, 5.74) is 2.04. The summed E-state index contributed by atoms with van der Waals surface area (Å²) in [5.74, 6) is -4.37. The van der Waals surface area contributed by atoms with Crippen LogP contribution in [0.5, 0.6) is 0 Å². The van der Waals surface area contributed by atoms with Gasteiger partial charge < -0.3 is 10.2 Å². The van der Waals surface area contributed by atoms with Crippen LogP contribution in [0.4, 0.5) is 30.4 Å². The Morgan fingerprint density at radius 1 is 1.07 bits per heavy atom. The molecule has 4 nitrogen and oxygen atoms in total. The van der Waals surface area contributed by atoms with Crippen molar-refractivity contribution < 1.29 is 18.0 Å². The minimum Gasteiger partial charge on any atom is -0.323 e. The van der Waals surface area contributed by atoms with Gasteiger partial charge >= 0.3 is 0 Å². The van der Waals surface area contributed by atoms with E-state index in [-0.39, 0.29) is 11.6 Å². The fourth-order valence-corrected chi connectivity index (χ4v) is 3.39. The van der Waals surface area contributed by atoms with Crippen molar-refractivity contribution >= 4 is 23.1 Å². The Morgan fingerprint density at radius 2 is 1.86 bits per heavy atom. The van der Waals surface area contributed by atoms with Crippen molar-refractivity contribution in [3.8, 4) is 0 Å². The second kappa shape index (κ2) is 6.99.